The SMILES string of the molecule is CC(CS(C)(=O)=O)N(CCC(=O)N1CCNCC1)C1CC1. The standard InChI is InChI=1S/C14H27N3O3S/c1-12(11-21(2,19)20)17(13-3-4-13)8-5-14(18)16-9-6-15-7-10-16/h12-13,15H,3-11H2,1-2H3. The number of piperazine rings is 1. The maximum atomic E-state index is 12.2. The van der Waals surface area contributed by atoms with E-state index in [-0.39, 0.29) is 17.7 Å². The summed E-state index contributed by atoms with van der Waals surface area (Å²) in [5.74, 6) is 0.361. The van der Waals surface area contributed by atoms with E-state index in [4.69, 9.17) is 0 Å². The van der Waals surface area contributed by atoms with Crippen molar-refractivity contribution in [3.05, 3.63) is 0 Å². The molecule has 122 valence electrons. The molecule has 1 unspecified atom stereocenters. The summed E-state index contributed by atoms with van der Waals surface area (Å²) in [6, 6.07) is 0.459. The largest absolute Gasteiger partial charge is 0.340 e. The molecule has 0 spiro atoms. The van der Waals surface area contributed by atoms with E-state index >= 15 is 0 Å². The molecule has 1 saturated heterocycles. The van der Waals surface area contributed by atoms with Crippen molar-refractivity contribution in [1.82, 2.24) is 15.1 Å². The molecule has 0 bridgehead atoms. The fourth-order valence-corrected chi connectivity index (χ4v) is 4.07. The summed E-state index contributed by atoms with van der Waals surface area (Å²) in [6.45, 7) is 5.91. The van der Waals surface area contributed by atoms with Crippen molar-refractivity contribution < 1.29 is 13.2 Å². The van der Waals surface area contributed by atoms with E-state index in [1.165, 1.54) is 6.26 Å². The molecule has 0 aromatic carbocycles. The average molecular weight is 317 g/mol. The minimum absolute atomic E-state index is 0.0108. The molecular formula is C14H27N3O3S. The first kappa shape index (κ1) is 16.7. The van der Waals surface area contributed by atoms with Crippen LogP contribution in [-0.4, -0.2) is 80.9 Å². The first-order chi connectivity index (χ1) is 9.87. The summed E-state index contributed by atoms with van der Waals surface area (Å²) < 4.78 is 22.9. The lowest BCUT2D eigenvalue weighted by Crippen LogP contribution is -2.48. The van der Waals surface area contributed by atoms with E-state index in [0.29, 0.717) is 19.0 Å². The van der Waals surface area contributed by atoms with Gasteiger partial charge in [-0.3, -0.25) is 9.69 Å². The van der Waals surface area contributed by atoms with Gasteiger partial charge in [0.1, 0.15) is 9.84 Å². The lowest BCUT2D eigenvalue weighted by atomic mass is 10.2. The Balaban J connectivity index is 1.83. The van der Waals surface area contributed by atoms with E-state index in [0.717, 1.165) is 39.0 Å². The van der Waals surface area contributed by atoms with Crippen molar-refractivity contribution >= 4 is 15.7 Å². The molecule has 0 aromatic heterocycles. The Morgan fingerprint density at radius 1 is 1.33 bits per heavy atom. The van der Waals surface area contributed by atoms with Crippen molar-refractivity contribution in [3.63, 3.8) is 0 Å². The van der Waals surface area contributed by atoms with Gasteiger partial charge in [-0.15, -0.1) is 0 Å². The van der Waals surface area contributed by atoms with E-state index in [9.17, 15) is 13.2 Å². The van der Waals surface area contributed by atoms with Crippen LogP contribution in [0.2, 0.25) is 0 Å². The molecule has 0 aromatic rings. The second-order valence-corrected chi connectivity index (χ2v) is 8.48. The molecule has 0 radical (unpaired) electrons. The van der Waals surface area contributed by atoms with Gasteiger partial charge in [0.05, 0.1) is 5.75 Å². The van der Waals surface area contributed by atoms with Gasteiger partial charge in [0, 0.05) is 57.5 Å². The zero-order chi connectivity index (χ0) is 15.5. The van der Waals surface area contributed by atoms with Crippen molar-refractivity contribution in [1.29, 1.82) is 0 Å². The zero-order valence-corrected chi connectivity index (χ0v) is 13.9. The number of rotatable bonds is 7. The summed E-state index contributed by atoms with van der Waals surface area (Å²) >= 11 is 0. The van der Waals surface area contributed by atoms with Crippen LogP contribution < -0.4 is 5.32 Å². The second kappa shape index (κ2) is 7.07. The number of amides is 1. The van der Waals surface area contributed by atoms with Gasteiger partial charge in [0.2, 0.25) is 5.91 Å². The third-order valence-electron chi connectivity index (χ3n) is 4.18. The van der Waals surface area contributed by atoms with Gasteiger partial charge in [-0.2, -0.15) is 0 Å². The summed E-state index contributed by atoms with van der Waals surface area (Å²) in [7, 11) is -2.98. The van der Waals surface area contributed by atoms with Crippen LogP contribution in [0.5, 0.6) is 0 Å². The van der Waals surface area contributed by atoms with Crippen molar-refractivity contribution in [2.75, 3.05) is 44.7 Å². The lowest BCUT2D eigenvalue weighted by molar-refractivity contribution is -0.132. The predicted molar refractivity (Wildman–Crippen MR) is 83.0 cm³/mol. The highest BCUT2D eigenvalue weighted by molar-refractivity contribution is 7.90. The number of carbonyl (C=O) groups excluding carboxylic acids is 1. The predicted octanol–water partition coefficient (Wildman–Crippen LogP) is -0.294. The van der Waals surface area contributed by atoms with Crippen molar-refractivity contribution in [2.45, 2.75) is 38.3 Å². The van der Waals surface area contributed by atoms with Gasteiger partial charge in [-0.25, -0.2) is 8.42 Å². The fourth-order valence-electron chi connectivity index (χ4n) is 3.00. The molecule has 1 saturated carbocycles. The fraction of sp³-hybridized carbons (Fsp3) is 0.929. The Bertz CT molecular complexity index is 456. The monoisotopic (exact) mass is 317 g/mol. The molecule has 2 rings (SSSR count). The first-order valence-corrected chi connectivity index (χ1v) is 9.85. The normalized spacial score (nSPS) is 21.6. The highest BCUT2D eigenvalue weighted by Crippen LogP contribution is 2.29. The van der Waals surface area contributed by atoms with Crippen LogP contribution >= 0.6 is 0 Å². The van der Waals surface area contributed by atoms with Crippen molar-refractivity contribution in [2.24, 2.45) is 0 Å². The summed E-state index contributed by atoms with van der Waals surface area (Å²) in [5, 5.41) is 3.24. The molecule has 1 amide bonds. The number of hydrogen-bond donors (Lipinski definition) is 1. The third kappa shape index (κ3) is 5.56. The van der Waals surface area contributed by atoms with Crippen LogP contribution in [0.1, 0.15) is 26.2 Å². The van der Waals surface area contributed by atoms with Gasteiger partial charge in [-0.05, 0) is 19.8 Å². The van der Waals surface area contributed by atoms with Crippen LogP contribution in [0.3, 0.4) is 0 Å². The van der Waals surface area contributed by atoms with E-state index < -0.39 is 9.84 Å². The van der Waals surface area contributed by atoms with E-state index in [2.05, 4.69) is 10.2 Å². The minimum atomic E-state index is -2.98. The summed E-state index contributed by atoms with van der Waals surface area (Å²) in [4.78, 5) is 16.3. The molecule has 2 fully saturated rings. The van der Waals surface area contributed by atoms with E-state index in [1.54, 1.807) is 0 Å². The molecule has 1 heterocycles. The van der Waals surface area contributed by atoms with Crippen LogP contribution in [0.25, 0.3) is 0 Å². The second-order valence-electron chi connectivity index (χ2n) is 6.29. The molecular weight excluding hydrogens is 290 g/mol. The highest BCUT2D eigenvalue weighted by atomic mass is 32.2. The Morgan fingerprint density at radius 3 is 2.48 bits per heavy atom. The first-order valence-electron chi connectivity index (χ1n) is 7.79. The maximum Gasteiger partial charge on any atom is 0.223 e. The number of carbonyl (C=O) groups is 1. The van der Waals surface area contributed by atoms with Crippen LogP contribution in [-0.2, 0) is 14.6 Å². The van der Waals surface area contributed by atoms with Crippen LogP contribution in [0.15, 0.2) is 0 Å². The Kier molecular flexibility index (Phi) is 5.62. The molecule has 21 heavy (non-hydrogen) atoms. The van der Waals surface area contributed by atoms with Gasteiger partial charge in [0.15, 0.2) is 0 Å². The third-order valence-corrected chi connectivity index (χ3v) is 5.27. The van der Waals surface area contributed by atoms with Gasteiger partial charge in [-0.1, -0.05) is 0 Å². The molecule has 1 aliphatic heterocycles. The molecule has 7 heteroatoms. The number of hydrogen-bond acceptors (Lipinski definition) is 5. The summed E-state index contributed by atoms with van der Waals surface area (Å²) in [5.41, 5.74) is 0. The Morgan fingerprint density at radius 2 is 1.95 bits per heavy atom. The maximum absolute atomic E-state index is 12.2. The zero-order valence-electron chi connectivity index (χ0n) is 13.0. The number of nitrogens with zero attached hydrogens (tertiary/aromatic N) is 2. The van der Waals surface area contributed by atoms with Crippen LogP contribution in [0.4, 0.5) is 0 Å². The Hall–Kier alpha value is -0.660. The van der Waals surface area contributed by atoms with E-state index in [1.807, 2.05) is 11.8 Å². The highest BCUT2D eigenvalue weighted by Gasteiger charge is 2.33. The topological polar surface area (TPSA) is 69.7 Å². The smallest absolute Gasteiger partial charge is 0.223 e. The number of nitrogens with one attached hydrogen (secondary N) is 1. The molecule has 6 nitrogen and oxygen atoms in total. The Labute approximate surface area is 127 Å². The summed E-state index contributed by atoms with van der Waals surface area (Å²) in [6.07, 6.45) is 4.01. The molecule has 1 atom stereocenters. The van der Waals surface area contributed by atoms with Gasteiger partial charge >= 0.3 is 0 Å². The minimum Gasteiger partial charge on any atom is -0.340 e. The van der Waals surface area contributed by atoms with Gasteiger partial charge < -0.3 is 10.2 Å². The lowest BCUT2D eigenvalue weighted by Gasteiger charge is -2.31. The number of sulfone groups is 1. The average Bonchev–Trinajstić information content (AvgIpc) is 3.22. The quantitative estimate of drug-likeness (QED) is 0.698. The molecule has 1 aliphatic carbocycles. The molecule has 1 N–H and O–H groups in total. The van der Waals surface area contributed by atoms with Gasteiger partial charge in [0.25, 0.3) is 0 Å². The van der Waals surface area contributed by atoms with Crippen molar-refractivity contribution in [3.8, 4) is 0 Å². The molecule has 2 aliphatic rings. The van der Waals surface area contributed by atoms with Crippen LogP contribution in [0, 0.1) is 0 Å².